The third-order valence-corrected chi connectivity index (χ3v) is 3.32. The molecule has 0 aromatic heterocycles. The Morgan fingerprint density at radius 3 is 2.46 bits per heavy atom. The van der Waals surface area contributed by atoms with Crippen molar-refractivity contribution in [2.75, 3.05) is 11.9 Å². The smallest absolute Gasteiger partial charge is 0.328 e. The zero-order valence-corrected chi connectivity index (χ0v) is 13.6. The van der Waals surface area contributed by atoms with E-state index in [0.29, 0.717) is 5.75 Å². The van der Waals surface area contributed by atoms with Crippen molar-refractivity contribution in [2.24, 2.45) is 0 Å². The summed E-state index contributed by atoms with van der Waals surface area (Å²) in [6.07, 6.45) is 2.55. The first-order valence-corrected chi connectivity index (χ1v) is 7.45. The highest BCUT2D eigenvalue weighted by Gasteiger charge is 2.06. The quantitative estimate of drug-likeness (QED) is 0.798. The van der Waals surface area contributed by atoms with E-state index in [2.05, 4.69) is 5.32 Å². The molecule has 0 spiro atoms. The Morgan fingerprint density at radius 2 is 1.83 bits per heavy atom. The first-order valence-electron chi connectivity index (χ1n) is 7.45. The van der Waals surface area contributed by atoms with Crippen LogP contribution < -0.4 is 10.1 Å². The number of carbonyl (C=O) groups is 2. The standard InChI is InChI=1S/C19H19NO4/c1-13-3-9-17(14(2)11-13)20-18(21)12-24-16-7-4-15(5-8-16)6-10-19(22)23/h3-11H,12H2,1-2H3,(H,20,21)(H,22,23)/b10-6+. The molecule has 1 amide bonds. The fourth-order valence-electron chi connectivity index (χ4n) is 2.13. The summed E-state index contributed by atoms with van der Waals surface area (Å²) in [6, 6.07) is 12.6. The first-order chi connectivity index (χ1) is 11.4. The number of ether oxygens (including phenoxy) is 1. The lowest BCUT2D eigenvalue weighted by molar-refractivity contribution is -0.131. The predicted molar refractivity (Wildman–Crippen MR) is 93.2 cm³/mol. The maximum Gasteiger partial charge on any atom is 0.328 e. The summed E-state index contributed by atoms with van der Waals surface area (Å²) in [5.41, 5.74) is 3.64. The molecule has 0 bridgehead atoms. The van der Waals surface area contributed by atoms with Crippen LogP contribution in [-0.4, -0.2) is 23.6 Å². The van der Waals surface area contributed by atoms with Gasteiger partial charge >= 0.3 is 5.97 Å². The largest absolute Gasteiger partial charge is 0.484 e. The number of aryl methyl sites for hydroxylation is 2. The molecule has 0 saturated heterocycles. The average molecular weight is 325 g/mol. The van der Waals surface area contributed by atoms with E-state index in [4.69, 9.17) is 9.84 Å². The molecule has 2 aromatic rings. The zero-order chi connectivity index (χ0) is 17.5. The van der Waals surface area contributed by atoms with E-state index in [9.17, 15) is 9.59 Å². The van der Waals surface area contributed by atoms with Crippen molar-refractivity contribution in [1.29, 1.82) is 0 Å². The summed E-state index contributed by atoms with van der Waals surface area (Å²) in [5.74, 6) is -0.701. The van der Waals surface area contributed by atoms with Gasteiger partial charge in [-0.05, 0) is 49.2 Å². The van der Waals surface area contributed by atoms with Crippen molar-refractivity contribution in [2.45, 2.75) is 13.8 Å². The maximum atomic E-state index is 12.0. The number of anilines is 1. The predicted octanol–water partition coefficient (Wildman–Crippen LogP) is 3.42. The number of benzene rings is 2. The topological polar surface area (TPSA) is 75.6 Å². The highest BCUT2D eigenvalue weighted by Crippen LogP contribution is 2.16. The second-order valence-corrected chi connectivity index (χ2v) is 5.40. The van der Waals surface area contributed by atoms with Crippen molar-refractivity contribution in [1.82, 2.24) is 0 Å². The van der Waals surface area contributed by atoms with Gasteiger partial charge in [0.05, 0.1) is 0 Å². The average Bonchev–Trinajstić information content (AvgIpc) is 2.54. The van der Waals surface area contributed by atoms with Crippen LogP contribution >= 0.6 is 0 Å². The fourth-order valence-corrected chi connectivity index (χ4v) is 2.13. The number of carboxylic acid groups (broad SMARTS) is 1. The molecule has 0 saturated carbocycles. The highest BCUT2D eigenvalue weighted by atomic mass is 16.5. The van der Waals surface area contributed by atoms with Crippen molar-refractivity contribution in [3.8, 4) is 5.75 Å². The molecule has 0 aliphatic heterocycles. The molecule has 0 fully saturated rings. The Balaban J connectivity index is 1.88. The van der Waals surface area contributed by atoms with Crippen LogP contribution in [0.25, 0.3) is 6.08 Å². The number of hydrogen-bond donors (Lipinski definition) is 2. The van der Waals surface area contributed by atoms with E-state index in [1.807, 2.05) is 32.0 Å². The van der Waals surface area contributed by atoms with Crippen LogP contribution in [0.4, 0.5) is 5.69 Å². The molecular weight excluding hydrogens is 306 g/mol. The molecule has 2 N–H and O–H groups in total. The Bertz CT molecular complexity index is 763. The Hall–Kier alpha value is -3.08. The molecule has 0 unspecified atom stereocenters. The molecule has 24 heavy (non-hydrogen) atoms. The third-order valence-electron chi connectivity index (χ3n) is 3.32. The van der Waals surface area contributed by atoms with Gasteiger partial charge in [0.15, 0.2) is 6.61 Å². The lowest BCUT2D eigenvalue weighted by atomic mass is 10.1. The third kappa shape index (κ3) is 5.28. The van der Waals surface area contributed by atoms with E-state index in [0.717, 1.165) is 28.5 Å². The van der Waals surface area contributed by atoms with Gasteiger partial charge in [0.2, 0.25) is 0 Å². The van der Waals surface area contributed by atoms with Crippen LogP contribution in [0.1, 0.15) is 16.7 Å². The lowest BCUT2D eigenvalue weighted by Crippen LogP contribution is -2.20. The summed E-state index contributed by atoms with van der Waals surface area (Å²) in [4.78, 5) is 22.4. The molecule has 124 valence electrons. The van der Waals surface area contributed by atoms with E-state index in [-0.39, 0.29) is 12.5 Å². The van der Waals surface area contributed by atoms with Crippen molar-refractivity contribution in [3.63, 3.8) is 0 Å². The van der Waals surface area contributed by atoms with Gasteiger partial charge in [-0.3, -0.25) is 4.79 Å². The summed E-state index contributed by atoms with van der Waals surface area (Å²) < 4.78 is 5.43. The van der Waals surface area contributed by atoms with Crippen LogP contribution in [0.2, 0.25) is 0 Å². The molecule has 2 aromatic carbocycles. The van der Waals surface area contributed by atoms with Crippen LogP contribution in [0.3, 0.4) is 0 Å². The van der Waals surface area contributed by atoms with Gasteiger partial charge in [-0.2, -0.15) is 0 Å². The van der Waals surface area contributed by atoms with Crippen LogP contribution in [0.5, 0.6) is 5.75 Å². The lowest BCUT2D eigenvalue weighted by Gasteiger charge is -2.10. The monoisotopic (exact) mass is 325 g/mol. The fraction of sp³-hybridized carbons (Fsp3) is 0.158. The van der Waals surface area contributed by atoms with E-state index >= 15 is 0 Å². The number of aliphatic carboxylic acids is 1. The second kappa shape index (κ2) is 7.97. The van der Waals surface area contributed by atoms with Gasteiger partial charge in [-0.25, -0.2) is 4.79 Å². The number of hydrogen-bond acceptors (Lipinski definition) is 3. The Kier molecular flexibility index (Phi) is 5.73. The number of rotatable bonds is 6. The molecule has 0 aliphatic rings. The minimum atomic E-state index is -1.00. The van der Waals surface area contributed by atoms with Crippen molar-refractivity contribution >= 4 is 23.6 Å². The van der Waals surface area contributed by atoms with Gasteiger partial charge in [0.25, 0.3) is 5.91 Å². The van der Waals surface area contributed by atoms with Crippen LogP contribution in [-0.2, 0) is 9.59 Å². The number of carbonyl (C=O) groups excluding carboxylic acids is 1. The van der Waals surface area contributed by atoms with Crippen molar-refractivity contribution in [3.05, 3.63) is 65.2 Å². The molecule has 0 radical (unpaired) electrons. The minimum Gasteiger partial charge on any atom is -0.484 e. The van der Waals surface area contributed by atoms with Crippen LogP contribution in [0, 0.1) is 13.8 Å². The number of carboxylic acids is 1. The number of amides is 1. The molecule has 0 atom stereocenters. The highest BCUT2D eigenvalue weighted by molar-refractivity contribution is 5.92. The summed E-state index contributed by atoms with van der Waals surface area (Å²) in [7, 11) is 0. The molecule has 0 aliphatic carbocycles. The van der Waals surface area contributed by atoms with Gasteiger partial charge in [0, 0.05) is 11.8 Å². The van der Waals surface area contributed by atoms with Gasteiger partial charge < -0.3 is 15.2 Å². The molecular formula is C19H19NO4. The molecule has 5 heteroatoms. The second-order valence-electron chi connectivity index (χ2n) is 5.40. The summed E-state index contributed by atoms with van der Waals surface area (Å²) in [6.45, 7) is 3.83. The van der Waals surface area contributed by atoms with Gasteiger partial charge in [-0.15, -0.1) is 0 Å². The Labute approximate surface area is 140 Å². The SMILES string of the molecule is Cc1ccc(NC(=O)COc2ccc(/C=C/C(=O)O)cc2)c(C)c1. The summed E-state index contributed by atoms with van der Waals surface area (Å²) in [5, 5.41) is 11.4. The minimum absolute atomic E-state index is 0.0996. The maximum absolute atomic E-state index is 12.0. The van der Waals surface area contributed by atoms with E-state index in [1.165, 1.54) is 6.08 Å². The summed E-state index contributed by atoms with van der Waals surface area (Å²) >= 11 is 0. The number of nitrogens with one attached hydrogen (secondary N) is 1. The van der Waals surface area contributed by atoms with Crippen LogP contribution in [0.15, 0.2) is 48.5 Å². The van der Waals surface area contributed by atoms with Crippen molar-refractivity contribution < 1.29 is 19.4 Å². The molecule has 0 heterocycles. The molecule has 2 rings (SSSR count). The molecule has 5 nitrogen and oxygen atoms in total. The van der Waals surface area contributed by atoms with E-state index < -0.39 is 5.97 Å². The van der Waals surface area contributed by atoms with E-state index in [1.54, 1.807) is 24.3 Å². The normalized spacial score (nSPS) is 10.6. The first kappa shape index (κ1) is 17.3. The van der Waals surface area contributed by atoms with Gasteiger partial charge in [0.1, 0.15) is 5.75 Å². The zero-order valence-electron chi connectivity index (χ0n) is 13.6. The Morgan fingerprint density at radius 1 is 1.12 bits per heavy atom. The van der Waals surface area contributed by atoms with Gasteiger partial charge in [-0.1, -0.05) is 29.8 Å².